The van der Waals surface area contributed by atoms with Gasteiger partial charge in [-0.05, 0) is 49.5 Å². The molecular weight excluding hydrogens is 270 g/mol. The van der Waals surface area contributed by atoms with Crippen molar-refractivity contribution in [3.63, 3.8) is 0 Å². The molecule has 0 spiro atoms. The third kappa shape index (κ3) is 2.97. The van der Waals surface area contributed by atoms with E-state index in [0.29, 0.717) is 30.6 Å². The molecule has 3 rings (SSSR count). The molecule has 2 aliphatic rings. The fourth-order valence-corrected chi connectivity index (χ4v) is 3.03. The highest BCUT2D eigenvalue weighted by atomic mass is 16.6. The highest BCUT2D eigenvalue weighted by Gasteiger charge is 2.31. The molecule has 2 heterocycles. The number of likely N-dealkylation sites (tertiary alicyclic amines) is 1. The van der Waals surface area contributed by atoms with Crippen molar-refractivity contribution in [2.75, 3.05) is 26.3 Å². The van der Waals surface area contributed by atoms with E-state index < -0.39 is 12.0 Å². The minimum absolute atomic E-state index is 0.509. The lowest BCUT2D eigenvalue weighted by Crippen LogP contribution is -2.39. The summed E-state index contributed by atoms with van der Waals surface area (Å²) in [6.07, 6.45) is 2.10. The Balaban J connectivity index is 1.85. The van der Waals surface area contributed by atoms with Crippen LogP contribution >= 0.6 is 0 Å². The number of rotatable bonds is 3. The summed E-state index contributed by atoms with van der Waals surface area (Å²) in [5.41, 5.74) is 0.765. The summed E-state index contributed by atoms with van der Waals surface area (Å²) in [5, 5.41) is 9.64. The minimum Gasteiger partial charge on any atom is -0.486 e. The SMILES string of the molecule is CC1CCN(C(C(=O)O)c2ccc3c(c2)OCCO3)CC1. The van der Waals surface area contributed by atoms with Crippen LogP contribution < -0.4 is 9.47 Å². The van der Waals surface area contributed by atoms with Crippen LogP contribution in [0.1, 0.15) is 31.4 Å². The van der Waals surface area contributed by atoms with Crippen LogP contribution in [0, 0.1) is 5.92 Å². The average molecular weight is 291 g/mol. The molecule has 0 radical (unpaired) electrons. The number of fused-ring (bicyclic) bond motifs is 1. The molecule has 0 bridgehead atoms. The summed E-state index contributed by atoms with van der Waals surface area (Å²) in [5.74, 6) is 1.22. The largest absolute Gasteiger partial charge is 0.486 e. The number of aliphatic carboxylic acids is 1. The van der Waals surface area contributed by atoms with E-state index in [-0.39, 0.29) is 0 Å². The lowest BCUT2D eigenvalue weighted by molar-refractivity contribution is -0.144. The Hall–Kier alpha value is -1.75. The van der Waals surface area contributed by atoms with E-state index in [9.17, 15) is 9.90 Å². The summed E-state index contributed by atoms with van der Waals surface area (Å²) in [4.78, 5) is 13.8. The molecule has 5 nitrogen and oxygen atoms in total. The standard InChI is InChI=1S/C16H21NO4/c1-11-4-6-17(7-5-11)15(16(18)19)12-2-3-13-14(10-12)21-9-8-20-13/h2-3,10-11,15H,4-9H2,1H3,(H,18,19). The Bertz CT molecular complexity index is 523. The zero-order chi connectivity index (χ0) is 14.8. The van der Waals surface area contributed by atoms with Crippen molar-refractivity contribution in [2.24, 2.45) is 5.92 Å². The fraction of sp³-hybridized carbons (Fsp3) is 0.562. The Morgan fingerprint density at radius 3 is 2.57 bits per heavy atom. The number of nitrogens with zero attached hydrogens (tertiary/aromatic N) is 1. The van der Waals surface area contributed by atoms with Gasteiger partial charge in [0.05, 0.1) is 0 Å². The number of ether oxygens (including phenoxy) is 2. The maximum Gasteiger partial charge on any atom is 0.325 e. The fourth-order valence-electron chi connectivity index (χ4n) is 3.03. The molecule has 0 aromatic heterocycles. The van der Waals surface area contributed by atoms with Gasteiger partial charge in [-0.1, -0.05) is 13.0 Å². The van der Waals surface area contributed by atoms with Crippen LogP contribution in [-0.2, 0) is 4.79 Å². The van der Waals surface area contributed by atoms with Gasteiger partial charge in [0.15, 0.2) is 11.5 Å². The van der Waals surface area contributed by atoms with Gasteiger partial charge in [0.2, 0.25) is 0 Å². The van der Waals surface area contributed by atoms with Gasteiger partial charge in [0.1, 0.15) is 19.3 Å². The summed E-state index contributed by atoms with van der Waals surface area (Å²) in [6, 6.07) is 4.86. The van der Waals surface area contributed by atoms with Crippen LogP contribution in [0.15, 0.2) is 18.2 Å². The van der Waals surface area contributed by atoms with Crippen molar-refractivity contribution in [3.8, 4) is 11.5 Å². The molecule has 2 aliphatic heterocycles. The van der Waals surface area contributed by atoms with Crippen molar-refractivity contribution in [3.05, 3.63) is 23.8 Å². The van der Waals surface area contributed by atoms with Gasteiger partial charge in [-0.25, -0.2) is 0 Å². The monoisotopic (exact) mass is 291 g/mol. The van der Waals surface area contributed by atoms with Gasteiger partial charge in [0.25, 0.3) is 0 Å². The first-order chi connectivity index (χ1) is 10.1. The Labute approximate surface area is 124 Å². The van der Waals surface area contributed by atoms with Crippen molar-refractivity contribution in [1.82, 2.24) is 4.90 Å². The van der Waals surface area contributed by atoms with Crippen molar-refractivity contribution < 1.29 is 19.4 Å². The van der Waals surface area contributed by atoms with E-state index in [0.717, 1.165) is 31.5 Å². The van der Waals surface area contributed by atoms with Crippen molar-refractivity contribution in [1.29, 1.82) is 0 Å². The van der Waals surface area contributed by atoms with E-state index in [1.807, 2.05) is 23.1 Å². The lowest BCUT2D eigenvalue weighted by atomic mass is 9.95. The Morgan fingerprint density at radius 2 is 1.90 bits per heavy atom. The molecule has 5 heteroatoms. The molecular formula is C16H21NO4. The first-order valence-corrected chi connectivity index (χ1v) is 7.51. The van der Waals surface area contributed by atoms with E-state index in [1.54, 1.807) is 0 Å². The van der Waals surface area contributed by atoms with E-state index in [1.165, 1.54) is 0 Å². The number of benzene rings is 1. The molecule has 1 N–H and O–H groups in total. The van der Waals surface area contributed by atoms with E-state index in [4.69, 9.17) is 9.47 Å². The Morgan fingerprint density at radius 1 is 1.24 bits per heavy atom. The van der Waals surface area contributed by atoms with Gasteiger partial charge in [-0.3, -0.25) is 9.69 Å². The molecule has 1 fully saturated rings. The minimum atomic E-state index is -0.804. The molecule has 1 atom stereocenters. The van der Waals surface area contributed by atoms with Gasteiger partial charge in [0, 0.05) is 0 Å². The second-order valence-electron chi connectivity index (χ2n) is 5.86. The molecule has 1 saturated heterocycles. The van der Waals surface area contributed by atoms with Crippen LogP contribution in [0.25, 0.3) is 0 Å². The van der Waals surface area contributed by atoms with Gasteiger partial charge >= 0.3 is 5.97 Å². The second kappa shape index (κ2) is 5.93. The highest BCUT2D eigenvalue weighted by Crippen LogP contribution is 2.35. The predicted octanol–water partition coefficient (Wildman–Crippen LogP) is 2.32. The number of carboxylic acids is 1. The maximum absolute atomic E-state index is 11.7. The summed E-state index contributed by atoms with van der Waals surface area (Å²) in [6.45, 7) is 4.92. The quantitative estimate of drug-likeness (QED) is 0.926. The van der Waals surface area contributed by atoms with Crippen LogP contribution in [0.4, 0.5) is 0 Å². The zero-order valence-electron chi connectivity index (χ0n) is 12.2. The van der Waals surface area contributed by atoms with Gasteiger partial charge < -0.3 is 14.6 Å². The third-order valence-corrected chi connectivity index (χ3v) is 4.30. The first-order valence-electron chi connectivity index (χ1n) is 7.51. The third-order valence-electron chi connectivity index (χ3n) is 4.30. The lowest BCUT2D eigenvalue weighted by Gasteiger charge is -2.35. The smallest absolute Gasteiger partial charge is 0.325 e. The summed E-state index contributed by atoms with van der Waals surface area (Å²) < 4.78 is 11.1. The van der Waals surface area contributed by atoms with Crippen molar-refractivity contribution in [2.45, 2.75) is 25.8 Å². The van der Waals surface area contributed by atoms with Crippen LogP contribution in [0.5, 0.6) is 11.5 Å². The zero-order valence-corrected chi connectivity index (χ0v) is 12.2. The number of carboxylic acid groups (broad SMARTS) is 1. The normalized spacial score (nSPS) is 21.0. The number of carbonyl (C=O) groups is 1. The van der Waals surface area contributed by atoms with E-state index in [2.05, 4.69) is 6.92 Å². The van der Waals surface area contributed by atoms with E-state index >= 15 is 0 Å². The topological polar surface area (TPSA) is 59.0 Å². The van der Waals surface area contributed by atoms with Crippen molar-refractivity contribution >= 4 is 5.97 Å². The Kier molecular flexibility index (Phi) is 4.01. The van der Waals surface area contributed by atoms with Crippen LogP contribution in [-0.4, -0.2) is 42.3 Å². The molecule has 114 valence electrons. The second-order valence-corrected chi connectivity index (χ2v) is 5.86. The van der Waals surface area contributed by atoms with Gasteiger partial charge in [-0.15, -0.1) is 0 Å². The summed E-state index contributed by atoms with van der Waals surface area (Å²) in [7, 11) is 0. The number of piperidine rings is 1. The summed E-state index contributed by atoms with van der Waals surface area (Å²) >= 11 is 0. The number of hydrogen-bond donors (Lipinski definition) is 1. The van der Waals surface area contributed by atoms with Gasteiger partial charge in [-0.2, -0.15) is 0 Å². The molecule has 1 unspecified atom stereocenters. The highest BCUT2D eigenvalue weighted by molar-refractivity contribution is 5.76. The molecule has 0 saturated carbocycles. The predicted molar refractivity (Wildman–Crippen MR) is 77.8 cm³/mol. The number of hydrogen-bond acceptors (Lipinski definition) is 4. The average Bonchev–Trinajstić information content (AvgIpc) is 2.49. The molecule has 1 aromatic rings. The first kappa shape index (κ1) is 14.2. The molecule has 0 amide bonds. The van der Waals surface area contributed by atoms with Crippen LogP contribution in [0.2, 0.25) is 0 Å². The maximum atomic E-state index is 11.7. The molecule has 1 aromatic carbocycles. The van der Waals surface area contributed by atoms with Crippen LogP contribution in [0.3, 0.4) is 0 Å². The molecule has 0 aliphatic carbocycles. The molecule has 21 heavy (non-hydrogen) atoms.